The largest absolute Gasteiger partial charge is 0.451 e. The predicted octanol–water partition coefficient (Wildman–Crippen LogP) is 2.31. The van der Waals surface area contributed by atoms with Crippen LogP contribution in [0.2, 0.25) is 5.15 Å². The molecule has 0 N–H and O–H groups in total. The van der Waals surface area contributed by atoms with E-state index in [4.69, 9.17) is 16.0 Å². The summed E-state index contributed by atoms with van der Waals surface area (Å²) in [5.41, 5.74) is 1.75. The lowest BCUT2D eigenvalue weighted by molar-refractivity contribution is 0.556. The van der Waals surface area contributed by atoms with E-state index in [1.54, 1.807) is 12.3 Å². The van der Waals surface area contributed by atoms with Gasteiger partial charge in [-0.1, -0.05) is 17.7 Å². The monoisotopic (exact) mass is 194 g/mol. The van der Waals surface area contributed by atoms with Crippen LogP contribution < -0.4 is 0 Å². The highest BCUT2D eigenvalue weighted by Crippen LogP contribution is 2.08. The first kappa shape index (κ1) is 8.26. The Morgan fingerprint density at radius 2 is 2.23 bits per heavy atom. The SMILES string of the molecule is Clc1cccc(Cc2cocn2)n1. The minimum Gasteiger partial charge on any atom is -0.451 e. The second-order valence-electron chi connectivity index (χ2n) is 2.61. The Bertz CT molecular complexity index is 386. The Kier molecular flexibility index (Phi) is 2.27. The van der Waals surface area contributed by atoms with Crippen LogP contribution in [0.1, 0.15) is 11.4 Å². The van der Waals surface area contributed by atoms with Crippen LogP contribution in [0.15, 0.2) is 35.3 Å². The zero-order valence-corrected chi connectivity index (χ0v) is 7.53. The molecule has 2 heterocycles. The molecule has 2 aromatic rings. The van der Waals surface area contributed by atoms with E-state index in [2.05, 4.69) is 9.97 Å². The Labute approximate surface area is 80.4 Å². The van der Waals surface area contributed by atoms with Gasteiger partial charge in [0, 0.05) is 12.1 Å². The molecule has 0 spiro atoms. The van der Waals surface area contributed by atoms with E-state index in [-0.39, 0.29) is 0 Å². The number of halogens is 1. The molecular formula is C9H7ClN2O. The molecule has 2 aromatic heterocycles. The number of oxazole rings is 1. The molecule has 13 heavy (non-hydrogen) atoms. The van der Waals surface area contributed by atoms with Gasteiger partial charge in [0.15, 0.2) is 6.39 Å². The molecule has 0 unspecified atom stereocenters. The first-order valence-electron chi connectivity index (χ1n) is 3.83. The maximum absolute atomic E-state index is 5.73. The van der Waals surface area contributed by atoms with Gasteiger partial charge < -0.3 is 4.42 Å². The maximum Gasteiger partial charge on any atom is 0.180 e. The first-order valence-corrected chi connectivity index (χ1v) is 4.21. The van der Waals surface area contributed by atoms with Crippen LogP contribution >= 0.6 is 11.6 Å². The summed E-state index contributed by atoms with van der Waals surface area (Å²) in [6.45, 7) is 0. The number of hydrogen-bond acceptors (Lipinski definition) is 3. The zero-order chi connectivity index (χ0) is 9.10. The fourth-order valence-corrected chi connectivity index (χ4v) is 1.24. The van der Waals surface area contributed by atoms with Crippen LogP contribution in [-0.4, -0.2) is 9.97 Å². The Hall–Kier alpha value is -1.35. The van der Waals surface area contributed by atoms with E-state index >= 15 is 0 Å². The molecule has 66 valence electrons. The van der Waals surface area contributed by atoms with E-state index < -0.39 is 0 Å². The van der Waals surface area contributed by atoms with E-state index in [0.29, 0.717) is 11.6 Å². The third-order valence-corrected chi connectivity index (χ3v) is 1.83. The van der Waals surface area contributed by atoms with E-state index in [0.717, 1.165) is 11.4 Å². The number of hydrogen-bond donors (Lipinski definition) is 0. The number of nitrogens with zero attached hydrogens (tertiary/aromatic N) is 2. The summed E-state index contributed by atoms with van der Waals surface area (Å²) < 4.78 is 4.85. The van der Waals surface area contributed by atoms with Crippen molar-refractivity contribution >= 4 is 11.6 Å². The standard InChI is InChI=1S/C9H7ClN2O/c10-9-3-1-2-7(12-9)4-8-5-13-6-11-8/h1-3,5-6H,4H2. The summed E-state index contributed by atoms with van der Waals surface area (Å²) in [5, 5.41) is 0.501. The van der Waals surface area contributed by atoms with Crippen molar-refractivity contribution < 1.29 is 4.42 Å². The molecule has 0 saturated heterocycles. The highest BCUT2D eigenvalue weighted by molar-refractivity contribution is 6.29. The molecule has 0 aromatic carbocycles. The molecule has 2 rings (SSSR count). The highest BCUT2D eigenvalue weighted by Gasteiger charge is 2.00. The highest BCUT2D eigenvalue weighted by atomic mass is 35.5. The number of rotatable bonds is 2. The van der Waals surface area contributed by atoms with E-state index in [1.165, 1.54) is 6.39 Å². The van der Waals surface area contributed by atoms with Gasteiger partial charge in [-0.15, -0.1) is 0 Å². The van der Waals surface area contributed by atoms with Crippen molar-refractivity contribution in [1.29, 1.82) is 0 Å². The zero-order valence-electron chi connectivity index (χ0n) is 6.77. The molecule has 0 aliphatic carbocycles. The second kappa shape index (κ2) is 3.58. The van der Waals surface area contributed by atoms with Crippen LogP contribution in [0.25, 0.3) is 0 Å². The maximum atomic E-state index is 5.73. The second-order valence-corrected chi connectivity index (χ2v) is 3.00. The number of pyridine rings is 1. The van der Waals surface area contributed by atoms with Gasteiger partial charge in [0.05, 0.1) is 5.69 Å². The lowest BCUT2D eigenvalue weighted by Gasteiger charge is -1.96. The van der Waals surface area contributed by atoms with Gasteiger partial charge in [0.2, 0.25) is 0 Å². The molecule has 0 aliphatic heterocycles. The molecule has 0 amide bonds. The molecule has 0 bridgehead atoms. The summed E-state index contributed by atoms with van der Waals surface area (Å²) in [6.07, 6.45) is 3.65. The van der Waals surface area contributed by atoms with Gasteiger partial charge in [-0.2, -0.15) is 0 Å². The van der Waals surface area contributed by atoms with Crippen molar-refractivity contribution in [3.05, 3.63) is 47.4 Å². The summed E-state index contributed by atoms with van der Waals surface area (Å²) >= 11 is 5.73. The minimum atomic E-state index is 0.501. The van der Waals surface area contributed by atoms with E-state index in [9.17, 15) is 0 Å². The lowest BCUT2D eigenvalue weighted by Crippen LogP contribution is -1.91. The van der Waals surface area contributed by atoms with Gasteiger partial charge in [-0.3, -0.25) is 0 Å². The molecule has 0 aliphatic rings. The summed E-state index contributed by atoms with van der Waals surface area (Å²) in [4.78, 5) is 8.12. The molecule has 0 atom stereocenters. The normalized spacial score (nSPS) is 10.2. The van der Waals surface area contributed by atoms with Gasteiger partial charge in [0.1, 0.15) is 11.4 Å². The smallest absolute Gasteiger partial charge is 0.180 e. The van der Waals surface area contributed by atoms with Crippen LogP contribution in [0.5, 0.6) is 0 Å². The van der Waals surface area contributed by atoms with Crippen molar-refractivity contribution in [2.45, 2.75) is 6.42 Å². The average molecular weight is 195 g/mol. The van der Waals surface area contributed by atoms with Crippen molar-refractivity contribution in [3.63, 3.8) is 0 Å². The van der Waals surface area contributed by atoms with Gasteiger partial charge in [-0.25, -0.2) is 9.97 Å². The van der Waals surface area contributed by atoms with Gasteiger partial charge >= 0.3 is 0 Å². The van der Waals surface area contributed by atoms with Gasteiger partial charge in [0.25, 0.3) is 0 Å². The summed E-state index contributed by atoms with van der Waals surface area (Å²) in [5.74, 6) is 0. The van der Waals surface area contributed by atoms with Crippen LogP contribution in [-0.2, 0) is 6.42 Å². The summed E-state index contributed by atoms with van der Waals surface area (Å²) in [7, 11) is 0. The number of aromatic nitrogens is 2. The van der Waals surface area contributed by atoms with Crippen LogP contribution in [0.4, 0.5) is 0 Å². The predicted molar refractivity (Wildman–Crippen MR) is 48.6 cm³/mol. The van der Waals surface area contributed by atoms with Gasteiger partial charge in [-0.05, 0) is 12.1 Å². The molecule has 3 nitrogen and oxygen atoms in total. The fraction of sp³-hybridized carbons (Fsp3) is 0.111. The first-order chi connectivity index (χ1) is 6.34. The van der Waals surface area contributed by atoms with Crippen LogP contribution in [0.3, 0.4) is 0 Å². The van der Waals surface area contributed by atoms with E-state index in [1.807, 2.05) is 12.1 Å². The molecule has 4 heteroatoms. The fourth-order valence-electron chi connectivity index (χ4n) is 1.06. The van der Waals surface area contributed by atoms with Crippen LogP contribution in [0, 0.1) is 0 Å². The third-order valence-electron chi connectivity index (χ3n) is 1.62. The Balaban J connectivity index is 2.19. The van der Waals surface area contributed by atoms with Crippen molar-refractivity contribution in [2.75, 3.05) is 0 Å². The minimum absolute atomic E-state index is 0.501. The van der Waals surface area contributed by atoms with Crippen molar-refractivity contribution in [3.8, 4) is 0 Å². The third kappa shape index (κ3) is 2.06. The molecule has 0 fully saturated rings. The molecular weight excluding hydrogens is 188 g/mol. The summed E-state index contributed by atoms with van der Waals surface area (Å²) in [6, 6.07) is 5.51. The average Bonchev–Trinajstić information content (AvgIpc) is 2.57. The Morgan fingerprint density at radius 3 is 2.92 bits per heavy atom. The van der Waals surface area contributed by atoms with Crippen molar-refractivity contribution in [1.82, 2.24) is 9.97 Å². The molecule has 0 radical (unpaired) electrons. The molecule has 0 saturated carbocycles. The van der Waals surface area contributed by atoms with Crippen molar-refractivity contribution in [2.24, 2.45) is 0 Å². The lowest BCUT2D eigenvalue weighted by atomic mass is 10.2. The quantitative estimate of drug-likeness (QED) is 0.689. The Morgan fingerprint density at radius 1 is 1.31 bits per heavy atom. The topological polar surface area (TPSA) is 38.9 Å².